The van der Waals surface area contributed by atoms with Crippen molar-refractivity contribution < 1.29 is 13.9 Å². The lowest BCUT2D eigenvalue weighted by atomic mass is 10.1. The van der Waals surface area contributed by atoms with Gasteiger partial charge in [-0.2, -0.15) is 0 Å². The van der Waals surface area contributed by atoms with E-state index < -0.39 is 6.10 Å². The summed E-state index contributed by atoms with van der Waals surface area (Å²) in [6, 6.07) is 10.5. The third kappa shape index (κ3) is 4.85. The summed E-state index contributed by atoms with van der Waals surface area (Å²) < 4.78 is 18.5. The zero-order chi connectivity index (χ0) is 17.0. The minimum atomic E-state index is -0.739. The molecule has 0 aliphatic carbocycles. The number of ether oxygens (including phenoxy) is 1. The van der Waals surface area contributed by atoms with Crippen molar-refractivity contribution in [2.45, 2.75) is 26.0 Å². The number of carbonyl (C=O) groups excluding carboxylic acids is 1. The fourth-order valence-corrected chi connectivity index (χ4v) is 2.43. The van der Waals surface area contributed by atoms with Gasteiger partial charge in [0, 0.05) is 5.02 Å². The molecule has 1 amide bonds. The van der Waals surface area contributed by atoms with Gasteiger partial charge in [-0.1, -0.05) is 35.3 Å². The molecular weight excluding hydrogens is 340 g/mol. The lowest BCUT2D eigenvalue weighted by Crippen LogP contribution is -2.37. The van der Waals surface area contributed by atoms with Gasteiger partial charge in [-0.25, -0.2) is 4.39 Å². The summed E-state index contributed by atoms with van der Waals surface area (Å²) in [5.74, 6) is -0.234. The molecule has 0 bridgehead atoms. The van der Waals surface area contributed by atoms with E-state index in [1.165, 1.54) is 12.1 Å². The van der Waals surface area contributed by atoms with Crippen molar-refractivity contribution in [1.29, 1.82) is 0 Å². The van der Waals surface area contributed by atoms with Crippen LogP contribution in [0.5, 0.6) is 5.75 Å². The van der Waals surface area contributed by atoms with E-state index >= 15 is 0 Å². The van der Waals surface area contributed by atoms with Gasteiger partial charge in [0.2, 0.25) is 0 Å². The molecule has 0 unspecified atom stereocenters. The molecule has 122 valence electrons. The van der Waals surface area contributed by atoms with Crippen molar-refractivity contribution in [2.75, 3.05) is 0 Å². The Kier molecular flexibility index (Phi) is 5.85. The highest BCUT2D eigenvalue weighted by molar-refractivity contribution is 6.35. The van der Waals surface area contributed by atoms with Gasteiger partial charge in [-0.3, -0.25) is 4.79 Å². The Morgan fingerprint density at radius 3 is 2.39 bits per heavy atom. The standard InChI is InChI=1S/C17H16Cl2FNO2/c1-10(12-3-6-14(20)7-4-12)21-17(22)11(2)23-16-8-5-13(18)9-15(16)19/h3-11H,1-2H3,(H,21,22)/t10-,11-/m0/s1. The maximum atomic E-state index is 12.9. The van der Waals surface area contributed by atoms with Crippen molar-refractivity contribution >= 4 is 29.1 Å². The second kappa shape index (κ2) is 7.66. The molecule has 0 fully saturated rings. The first-order chi connectivity index (χ1) is 10.9. The van der Waals surface area contributed by atoms with Gasteiger partial charge < -0.3 is 10.1 Å². The lowest BCUT2D eigenvalue weighted by molar-refractivity contribution is -0.127. The number of hydrogen-bond acceptors (Lipinski definition) is 2. The zero-order valence-corrected chi connectivity index (χ0v) is 14.2. The van der Waals surface area contributed by atoms with Crippen molar-refractivity contribution in [3.63, 3.8) is 0 Å². The molecule has 3 nitrogen and oxygen atoms in total. The molecule has 0 aliphatic rings. The van der Waals surface area contributed by atoms with Crippen LogP contribution in [0, 0.1) is 5.82 Å². The van der Waals surface area contributed by atoms with Crippen LogP contribution in [0.25, 0.3) is 0 Å². The van der Waals surface area contributed by atoms with Gasteiger partial charge in [0.1, 0.15) is 11.6 Å². The van der Waals surface area contributed by atoms with E-state index in [9.17, 15) is 9.18 Å². The van der Waals surface area contributed by atoms with Crippen LogP contribution < -0.4 is 10.1 Å². The van der Waals surface area contributed by atoms with E-state index in [2.05, 4.69) is 5.32 Å². The molecule has 2 aromatic rings. The largest absolute Gasteiger partial charge is 0.479 e. The summed E-state index contributed by atoms with van der Waals surface area (Å²) in [7, 11) is 0. The molecule has 2 atom stereocenters. The Bertz CT molecular complexity index is 691. The average molecular weight is 356 g/mol. The Hall–Kier alpha value is -1.78. The van der Waals surface area contributed by atoms with Crippen molar-refractivity contribution in [3.8, 4) is 5.75 Å². The molecule has 2 aromatic carbocycles. The van der Waals surface area contributed by atoms with Gasteiger partial charge >= 0.3 is 0 Å². The number of halogens is 3. The van der Waals surface area contributed by atoms with E-state index in [0.717, 1.165) is 5.56 Å². The van der Waals surface area contributed by atoms with Crippen LogP contribution in [0.2, 0.25) is 10.0 Å². The Labute approximate surface area is 144 Å². The molecule has 23 heavy (non-hydrogen) atoms. The van der Waals surface area contributed by atoms with Crippen molar-refractivity contribution in [1.82, 2.24) is 5.32 Å². The predicted octanol–water partition coefficient (Wildman–Crippen LogP) is 4.78. The molecule has 0 aliphatic heterocycles. The second-order valence-corrected chi connectivity index (χ2v) is 5.96. The van der Waals surface area contributed by atoms with Gasteiger partial charge in [-0.05, 0) is 49.7 Å². The van der Waals surface area contributed by atoms with Gasteiger partial charge in [0.05, 0.1) is 11.1 Å². The molecular formula is C17H16Cl2FNO2. The first kappa shape index (κ1) is 17.6. The summed E-state index contributed by atoms with van der Waals surface area (Å²) in [5.41, 5.74) is 0.802. The molecule has 0 spiro atoms. The fourth-order valence-electron chi connectivity index (χ4n) is 1.98. The van der Waals surface area contributed by atoms with Crippen LogP contribution >= 0.6 is 23.2 Å². The number of hydrogen-bond donors (Lipinski definition) is 1. The zero-order valence-electron chi connectivity index (χ0n) is 12.6. The number of amides is 1. The smallest absolute Gasteiger partial charge is 0.261 e. The SMILES string of the molecule is C[C@H](Oc1ccc(Cl)cc1Cl)C(=O)N[C@@H](C)c1ccc(F)cc1. The van der Waals surface area contributed by atoms with E-state index in [0.29, 0.717) is 15.8 Å². The number of carbonyl (C=O) groups is 1. The molecule has 6 heteroatoms. The Morgan fingerprint density at radius 2 is 1.78 bits per heavy atom. The molecule has 2 rings (SSSR count). The van der Waals surface area contributed by atoms with Crippen molar-refractivity contribution in [3.05, 3.63) is 63.9 Å². The monoisotopic (exact) mass is 355 g/mol. The van der Waals surface area contributed by atoms with Crippen LogP contribution in [-0.2, 0) is 4.79 Å². The Balaban J connectivity index is 1.98. The number of nitrogens with one attached hydrogen (secondary N) is 1. The Morgan fingerprint density at radius 1 is 1.13 bits per heavy atom. The third-order valence-corrected chi connectivity index (χ3v) is 3.83. The minimum Gasteiger partial charge on any atom is -0.479 e. The molecule has 0 heterocycles. The summed E-state index contributed by atoms with van der Waals surface area (Å²) in [5, 5.41) is 3.64. The second-order valence-electron chi connectivity index (χ2n) is 5.12. The van der Waals surface area contributed by atoms with Gasteiger partial charge in [0.15, 0.2) is 6.10 Å². The maximum absolute atomic E-state index is 12.9. The lowest BCUT2D eigenvalue weighted by Gasteiger charge is -2.19. The number of rotatable bonds is 5. The van der Waals surface area contributed by atoms with Gasteiger partial charge in [0.25, 0.3) is 5.91 Å². The van der Waals surface area contributed by atoms with E-state index in [1.807, 2.05) is 6.92 Å². The fraction of sp³-hybridized carbons (Fsp3) is 0.235. The van der Waals surface area contributed by atoms with E-state index in [-0.39, 0.29) is 17.8 Å². The molecule has 0 saturated heterocycles. The van der Waals surface area contributed by atoms with Crippen LogP contribution in [0.1, 0.15) is 25.5 Å². The van der Waals surface area contributed by atoms with Crippen LogP contribution in [0.15, 0.2) is 42.5 Å². The average Bonchev–Trinajstić information content (AvgIpc) is 2.50. The first-order valence-electron chi connectivity index (χ1n) is 7.04. The summed E-state index contributed by atoms with van der Waals surface area (Å²) in [6.45, 7) is 3.44. The molecule has 0 saturated carbocycles. The predicted molar refractivity (Wildman–Crippen MR) is 89.5 cm³/mol. The maximum Gasteiger partial charge on any atom is 0.261 e. The summed E-state index contributed by atoms with van der Waals surface area (Å²) >= 11 is 11.8. The minimum absolute atomic E-state index is 0.269. The van der Waals surface area contributed by atoms with Gasteiger partial charge in [-0.15, -0.1) is 0 Å². The van der Waals surface area contributed by atoms with Crippen LogP contribution in [0.4, 0.5) is 4.39 Å². The summed E-state index contributed by atoms with van der Waals surface area (Å²) in [6.07, 6.45) is -0.739. The topological polar surface area (TPSA) is 38.3 Å². The molecule has 0 aromatic heterocycles. The highest BCUT2D eigenvalue weighted by Gasteiger charge is 2.18. The van der Waals surface area contributed by atoms with E-state index in [1.54, 1.807) is 37.3 Å². The van der Waals surface area contributed by atoms with Crippen LogP contribution in [-0.4, -0.2) is 12.0 Å². The molecule has 1 N–H and O–H groups in total. The normalized spacial score (nSPS) is 13.3. The number of benzene rings is 2. The first-order valence-corrected chi connectivity index (χ1v) is 7.80. The molecule has 0 radical (unpaired) electrons. The highest BCUT2D eigenvalue weighted by atomic mass is 35.5. The van der Waals surface area contributed by atoms with Crippen molar-refractivity contribution in [2.24, 2.45) is 0 Å². The summed E-state index contributed by atoms with van der Waals surface area (Å²) in [4.78, 5) is 12.2. The highest BCUT2D eigenvalue weighted by Crippen LogP contribution is 2.28. The van der Waals surface area contributed by atoms with E-state index in [4.69, 9.17) is 27.9 Å². The quantitative estimate of drug-likeness (QED) is 0.838. The third-order valence-electron chi connectivity index (χ3n) is 3.30. The van der Waals surface area contributed by atoms with Crippen LogP contribution in [0.3, 0.4) is 0 Å².